The molecule has 0 aliphatic carbocycles. The average Bonchev–Trinajstić information content (AvgIpc) is 2.60. The Hall–Kier alpha value is -1.64. The fourth-order valence-corrected chi connectivity index (χ4v) is 0.911. The molecule has 0 aromatic carbocycles. The first-order chi connectivity index (χ1) is 5.45. The van der Waals surface area contributed by atoms with E-state index in [1.54, 1.807) is 0 Å². The maximum atomic E-state index is 4.25. The first-order valence-electron chi connectivity index (χ1n) is 3.44. The first-order valence-corrected chi connectivity index (χ1v) is 3.44. The van der Waals surface area contributed by atoms with Crippen molar-refractivity contribution < 1.29 is 0 Å². The number of nitrogens with zero attached hydrogens (tertiary/aromatic N) is 1. The number of aromatic amines is 2. The molecule has 11 heavy (non-hydrogen) atoms. The standard InChI is InChI=1S/C8H8N3/c1-3-7(9-5-1)11-8-4-2-6-10-8/h1-6,9-10H. The van der Waals surface area contributed by atoms with Gasteiger partial charge in [0.1, 0.15) is 11.6 Å². The van der Waals surface area contributed by atoms with Crippen molar-refractivity contribution in [2.24, 2.45) is 0 Å². The van der Waals surface area contributed by atoms with Gasteiger partial charge in [-0.1, -0.05) is 0 Å². The summed E-state index contributed by atoms with van der Waals surface area (Å²) >= 11 is 0. The van der Waals surface area contributed by atoms with Gasteiger partial charge in [-0.25, -0.2) is 5.32 Å². The highest BCUT2D eigenvalue weighted by atomic mass is 15.0. The summed E-state index contributed by atoms with van der Waals surface area (Å²) in [6.07, 6.45) is 3.70. The van der Waals surface area contributed by atoms with Crippen LogP contribution in [0.3, 0.4) is 0 Å². The van der Waals surface area contributed by atoms with Gasteiger partial charge in [0.2, 0.25) is 0 Å². The van der Waals surface area contributed by atoms with Gasteiger partial charge in [-0.05, 0) is 24.3 Å². The Bertz CT molecular complexity index is 262. The molecule has 0 fully saturated rings. The van der Waals surface area contributed by atoms with Gasteiger partial charge in [0.25, 0.3) is 0 Å². The topological polar surface area (TPSA) is 45.7 Å². The second-order valence-corrected chi connectivity index (χ2v) is 2.22. The van der Waals surface area contributed by atoms with E-state index < -0.39 is 0 Å². The molecule has 0 atom stereocenters. The molecule has 2 aromatic rings. The summed E-state index contributed by atoms with van der Waals surface area (Å²) in [6, 6.07) is 7.67. The molecule has 0 saturated heterocycles. The molecule has 3 nitrogen and oxygen atoms in total. The summed E-state index contributed by atoms with van der Waals surface area (Å²) in [5.41, 5.74) is 0. The monoisotopic (exact) mass is 146 g/mol. The van der Waals surface area contributed by atoms with Crippen molar-refractivity contribution in [1.82, 2.24) is 15.3 Å². The second kappa shape index (κ2) is 2.54. The van der Waals surface area contributed by atoms with E-state index in [9.17, 15) is 0 Å². The molecule has 55 valence electrons. The lowest BCUT2D eigenvalue weighted by Gasteiger charge is -1.93. The molecular formula is C8H8N3. The zero-order valence-electron chi connectivity index (χ0n) is 5.91. The smallest absolute Gasteiger partial charge is 0.132 e. The van der Waals surface area contributed by atoms with Crippen LogP contribution in [0.25, 0.3) is 0 Å². The highest BCUT2D eigenvalue weighted by Gasteiger charge is 1.94. The van der Waals surface area contributed by atoms with Crippen molar-refractivity contribution in [3.8, 4) is 0 Å². The van der Waals surface area contributed by atoms with Crippen LogP contribution in [0.4, 0.5) is 11.6 Å². The number of rotatable bonds is 2. The fourth-order valence-electron chi connectivity index (χ4n) is 0.911. The Morgan fingerprint density at radius 1 is 0.909 bits per heavy atom. The highest BCUT2D eigenvalue weighted by Crippen LogP contribution is 2.10. The van der Waals surface area contributed by atoms with E-state index in [-0.39, 0.29) is 0 Å². The van der Waals surface area contributed by atoms with Crippen molar-refractivity contribution >= 4 is 11.6 Å². The summed E-state index contributed by atoms with van der Waals surface area (Å²) in [5.74, 6) is 1.74. The first kappa shape index (κ1) is 6.09. The van der Waals surface area contributed by atoms with Gasteiger partial charge in [-0.15, -0.1) is 0 Å². The molecule has 0 saturated carbocycles. The van der Waals surface area contributed by atoms with Gasteiger partial charge in [0, 0.05) is 12.4 Å². The van der Waals surface area contributed by atoms with Crippen molar-refractivity contribution in [2.75, 3.05) is 0 Å². The Kier molecular flexibility index (Phi) is 1.41. The van der Waals surface area contributed by atoms with Crippen molar-refractivity contribution in [2.45, 2.75) is 0 Å². The Balaban J connectivity index is 2.14. The predicted octanol–water partition coefficient (Wildman–Crippen LogP) is 1.91. The SMILES string of the molecule is c1c[nH]c([N]c2ccc[nH]2)c1. The fraction of sp³-hybridized carbons (Fsp3) is 0. The molecule has 2 aromatic heterocycles. The molecule has 1 radical (unpaired) electrons. The van der Waals surface area contributed by atoms with E-state index in [0.29, 0.717) is 0 Å². The van der Waals surface area contributed by atoms with Crippen LogP contribution in [0.1, 0.15) is 0 Å². The molecule has 0 unspecified atom stereocenters. The molecule has 0 aliphatic rings. The Morgan fingerprint density at radius 2 is 1.45 bits per heavy atom. The lowest BCUT2D eigenvalue weighted by molar-refractivity contribution is 1.08. The molecule has 2 rings (SSSR count). The van der Waals surface area contributed by atoms with E-state index in [1.807, 2.05) is 36.7 Å². The minimum absolute atomic E-state index is 0.868. The minimum Gasteiger partial charge on any atom is -0.347 e. The molecule has 2 N–H and O–H groups in total. The normalized spacial score (nSPS) is 9.82. The molecule has 0 spiro atoms. The van der Waals surface area contributed by atoms with Gasteiger partial charge < -0.3 is 9.97 Å². The van der Waals surface area contributed by atoms with E-state index >= 15 is 0 Å². The molecule has 3 heteroatoms. The van der Waals surface area contributed by atoms with Gasteiger partial charge in [0.05, 0.1) is 0 Å². The largest absolute Gasteiger partial charge is 0.347 e. The number of H-pyrrole nitrogens is 2. The van der Waals surface area contributed by atoms with Crippen molar-refractivity contribution in [1.29, 1.82) is 0 Å². The van der Waals surface area contributed by atoms with E-state index in [1.165, 1.54) is 0 Å². The van der Waals surface area contributed by atoms with Crippen molar-refractivity contribution in [3.05, 3.63) is 36.7 Å². The van der Waals surface area contributed by atoms with Crippen LogP contribution in [0, 0.1) is 0 Å². The molecule has 0 aliphatic heterocycles. The van der Waals surface area contributed by atoms with Crippen molar-refractivity contribution in [3.63, 3.8) is 0 Å². The summed E-state index contributed by atoms with van der Waals surface area (Å²) in [7, 11) is 0. The van der Waals surface area contributed by atoms with Crippen LogP contribution in [-0.4, -0.2) is 9.97 Å². The van der Waals surface area contributed by atoms with Crippen LogP contribution in [0.15, 0.2) is 36.7 Å². The van der Waals surface area contributed by atoms with E-state index in [4.69, 9.17) is 0 Å². The quantitative estimate of drug-likeness (QED) is 0.650. The Labute approximate surface area is 64.5 Å². The number of hydrogen-bond donors (Lipinski definition) is 2. The van der Waals surface area contributed by atoms with Gasteiger partial charge in [0.15, 0.2) is 0 Å². The van der Waals surface area contributed by atoms with Gasteiger partial charge in [-0.3, -0.25) is 0 Å². The summed E-state index contributed by atoms with van der Waals surface area (Å²) < 4.78 is 0. The average molecular weight is 146 g/mol. The Morgan fingerprint density at radius 3 is 1.82 bits per heavy atom. The van der Waals surface area contributed by atoms with E-state index in [2.05, 4.69) is 15.3 Å². The predicted molar refractivity (Wildman–Crippen MR) is 43.0 cm³/mol. The maximum absolute atomic E-state index is 4.25. The third-order valence-corrected chi connectivity index (χ3v) is 1.40. The van der Waals surface area contributed by atoms with Crippen LogP contribution >= 0.6 is 0 Å². The zero-order chi connectivity index (χ0) is 7.52. The second-order valence-electron chi connectivity index (χ2n) is 2.22. The molecule has 2 heterocycles. The maximum Gasteiger partial charge on any atom is 0.132 e. The van der Waals surface area contributed by atoms with Crippen LogP contribution in [0.5, 0.6) is 0 Å². The van der Waals surface area contributed by atoms with E-state index in [0.717, 1.165) is 11.6 Å². The van der Waals surface area contributed by atoms with Gasteiger partial charge >= 0.3 is 0 Å². The lowest BCUT2D eigenvalue weighted by atomic mass is 10.5. The summed E-state index contributed by atoms with van der Waals surface area (Å²) in [6.45, 7) is 0. The number of nitrogens with one attached hydrogen (secondary N) is 2. The number of hydrogen-bond acceptors (Lipinski definition) is 0. The number of aromatic nitrogens is 2. The third kappa shape index (κ3) is 1.26. The summed E-state index contributed by atoms with van der Waals surface area (Å²) in [5, 5.41) is 4.25. The van der Waals surface area contributed by atoms with Gasteiger partial charge in [-0.2, -0.15) is 0 Å². The molecule has 0 bridgehead atoms. The minimum atomic E-state index is 0.868. The molecular weight excluding hydrogens is 138 g/mol. The lowest BCUT2D eigenvalue weighted by Crippen LogP contribution is -1.87. The zero-order valence-corrected chi connectivity index (χ0v) is 5.91. The summed E-state index contributed by atoms with van der Waals surface area (Å²) in [4.78, 5) is 5.98. The highest BCUT2D eigenvalue weighted by molar-refractivity contribution is 5.39. The van der Waals surface area contributed by atoms with Crippen LogP contribution in [0.2, 0.25) is 0 Å². The molecule has 0 amide bonds. The van der Waals surface area contributed by atoms with Crippen LogP contribution in [-0.2, 0) is 0 Å². The third-order valence-electron chi connectivity index (χ3n) is 1.40. The van der Waals surface area contributed by atoms with Crippen LogP contribution < -0.4 is 5.32 Å².